The van der Waals surface area contributed by atoms with Crippen LogP contribution in [0, 0.1) is 6.92 Å². The molecule has 0 unspecified atom stereocenters. The van der Waals surface area contributed by atoms with Crippen molar-refractivity contribution < 1.29 is 18.9 Å². The Morgan fingerprint density at radius 2 is 1.48 bits per heavy atom. The van der Waals surface area contributed by atoms with Crippen LogP contribution in [-0.4, -0.2) is 32.9 Å². The highest BCUT2D eigenvalue weighted by Crippen LogP contribution is 2.39. The van der Waals surface area contributed by atoms with E-state index in [0.717, 1.165) is 27.8 Å². The first-order chi connectivity index (χ1) is 14.1. The molecule has 0 aliphatic rings. The summed E-state index contributed by atoms with van der Waals surface area (Å²) in [6, 6.07) is 8.07. The molecular weight excluding hydrogens is 366 g/mol. The molecule has 156 valence electrons. The van der Waals surface area contributed by atoms with E-state index >= 15 is 0 Å². The van der Waals surface area contributed by atoms with E-state index < -0.39 is 0 Å². The monoisotopic (exact) mass is 397 g/mol. The lowest BCUT2D eigenvalue weighted by molar-refractivity contribution is 0.324. The van der Waals surface area contributed by atoms with Gasteiger partial charge in [-0.25, -0.2) is 0 Å². The molecule has 3 aromatic rings. The zero-order chi connectivity index (χ0) is 21.4. The number of hydrogen-bond acceptors (Lipinski definition) is 5. The van der Waals surface area contributed by atoms with Gasteiger partial charge in [0.05, 0.1) is 27.9 Å². The molecule has 0 radical (unpaired) electrons. The third-order valence-electron chi connectivity index (χ3n) is 4.66. The lowest BCUT2D eigenvalue weighted by Crippen LogP contribution is -1.99. The number of hydrogen-bond donors (Lipinski definition) is 0. The normalized spacial score (nSPS) is 10.2. The van der Waals surface area contributed by atoms with E-state index in [1.165, 1.54) is 5.39 Å². The fourth-order valence-electron chi connectivity index (χ4n) is 3.34. The van der Waals surface area contributed by atoms with Crippen molar-refractivity contribution >= 4 is 10.8 Å². The molecule has 1 heterocycles. The van der Waals surface area contributed by atoms with Gasteiger partial charge < -0.3 is 18.9 Å². The molecule has 0 spiro atoms. The zero-order valence-corrected chi connectivity index (χ0v) is 18.5. The molecular formula is C24H31NO4. The largest absolute Gasteiger partial charge is 0.494 e. The summed E-state index contributed by atoms with van der Waals surface area (Å²) in [6.45, 7) is 8.70. The Balaban J connectivity index is 0.00000145. The molecule has 3 rings (SSSR count). The Kier molecular flexibility index (Phi) is 8.13. The molecule has 0 N–H and O–H groups in total. The molecule has 29 heavy (non-hydrogen) atoms. The Hall–Kier alpha value is -2.95. The minimum absolute atomic E-state index is 0.594. The third-order valence-corrected chi connectivity index (χ3v) is 4.66. The summed E-state index contributed by atoms with van der Waals surface area (Å²) in [7, 11) is 4.85. The topological polar surface area (TPSA) is 49.8 Å². The second kappa shape index (κ2) is 10.6. The Bertz CT molecular complexity index is 928. The Morgan fingerprint density at radius 3 is 2.03 bits per heavy atom. The lowest BCUT2D eigenvalue weighted by Gasteiger charge is -2.15. The fourth-order valence-corrected chi connectivity index (χ4v) is 3.34. The summed E-state index contributed by atoms with van der Waals surface area (Å²) < 4.78 is 22.1. The van der Waals surface area contributed by atoms with Crippen LogP contribution in [0.5, 0.6) is 23.0 Å². The van der Waals surface area contributed by atoms with Gasteiger partial charge in [-0.2, -0.15) is 0 Å². The van der Waals surface area contributed by atoms with Crippen molar-refractivity contribution in [2.24, 2.45) is 0 Å². The van der Waals surface area contributed by atoms with Crippen molar-refractivity contribution in [2.75, 3.05) is 27.9 Å². The molecule has 0 bridgehead atoms. The van der Waals surface area contributed by atoms with Crippen LogP contribution >= 0.6 is 0 Å². The Morgan fingerprint density at radius 1 is 0.828 bits per heavy atom. The molecule has 1 aromatic heterocycles. The number of fused-ring (bicyclic) bond motifs is 1. The van der Waals surface area contributed by atoms with E-state index in [4.69, 9.17) is 18.9 Å². The minimum Gasteiger partial charge on any atom is -0.494 e. The first-order valence-corrected chi connectivity index (χ1v) is 9.90. The van der Waals surface area contributed by atoms with Crippen LogP contribution in [-0.2, 0) is 6.42 Å². The van der Waals surface area contributed by atoms with Crippen LogP contribution in [0.25, 0.3) is 10.8 Å². The number of nitrogens with zero attached hydrogens (tertiary/aromatic N) is 1. The van der Waals surface area contributed by atoms with Crippen LogP contribution < -0.4 is 18.9 Å². The highest BCUT2D eigenvalue weighted by Gasteiger charge is 2.15. The summed E-state index contributed by atoms with van der Waals surface area (Å²) in [4.78, 5) is 4.45. The maximum absolute atomic E-state index is 5.71. The number of methoxy groups -OCH3 is 3. The molecule has 5 nitrogen and oxygen atoms in total. The molecule has 0 aliphatic carbocycles. The van der Waals surface area contributed by atoms with Gasteiger partial charge in [-0.3, -0.25) is 4.98 Å². The van der Waals surface area contributed by atoms with Crippen molar-refractivity contribution in [3.8, 4) is 23.0 Å². The van der Waals surface area contributed by atoms with Crippen molar-refractivity contribution in [1.29, 1.82) is 0 Å². The van der Waals surface area contributed by atoms with Gasteiger partial charge in [-0.05, 0) is 55.0 Å². The first-order valence-electron chi connectivity index (χ1n) is 9.90. The smallest absolute Gasteiger partial charge is 0.203 e. The third kappa shape index (κ3) is 4.73. The van der Waals surface area contributed by atoms with Crippen LogP contribution in [0.4, 0.5) is 0 Å². The van der Waals surface area contributed by atoms with Crippen LogP contribution in [0.2, 0.25) is 0 Å². The summed E-state index contributed by atoms with van der Waals surface area (Å²) >= 11 is 0. The predicted molar refractivity (Wildman–Crippen MR) is 118 cm³/mol. The average Bonchev–Trinajstić information content (AvgIpc) is 2.76. The summed E-state index contributed by atoms with van der Waals surface area (Å²) in [5.74, 6) is 2.79. The van der Waals surface area contributed by atoms with Gasteiger partial charge in [-0.1, -0.05) is 19.9 Å². The standard InChI is InChI=1S/C22H25NO4.C2H6/c1-6-27-19-8-7-17-16(12-23-13-18(17)14(19)2)9-15-10-20(24-3)22(26-5)21(11-15)25-4;1-2/h7-8,10-13H,6,9H2,1-5H3;1-2H3. The Labute approximate surface area is 173 Å². The maximum atomic E-state index is 5.71. The minimum atomic E-state index is 0.594. The molecule has 0 atom stereocenters. The van der Waals surface area contributed by atoms with Gasteiger partial charge in [0.15, 0.2) is 11.5 Å². The SMILES string of the molecule is CC.CCOc1ccc2c(Cc3cc(OC)c(OC)c(OC)c3)cncc2c1C. The van der Waals surface area contributed by atoms with E-state index in [9.17, 15) is 0 Å². The highest BCUT2D eigenvalue weighted by molar-refractivity contribution is 5.89. The zero-order valence-electron chi connectivity index (χ0n) is 18.5. The second-order valence-corrected chi connectivity index (χ2v) is 6.23. The van der Waals surface area contributed by atoms with Crippen molar-refractivity contribution in [3.63, 3.8) is 0 Å². The van der Waals surface area contributed by atoms with Crippen molar-refractivity contribution in [3.05, 3.63) is 53.3 Å². The molecule has 0 saturated heterocycles. The van der Waals surface area contributed by atoms with Crippen LogP contribution in [0.15, 0.2) is 36.7 Å². The van der Waals surface area contributed by atoms with Crippen molar-refractivity contribution in [1.82, 2.24) is 4.98 Å². The highest BCUT2D eigenvalue weighted by atomic mass is 16.5. The molecule has 0 fully saturated rings. The van der Waals surface area contributed by atoms with Crippen molar-refractivity contribution in [2.45, 2.75) is 34.1 Å². The summed E-state index contributed by atoms with van der Waals surface area (Å²) in [5.41, 5.74) is 3.30. The van der Waals surface area contributed by atoms with Gasteiger partial charge >= 0.3 is 0 Å². The molecule has 5 heteroatoms. The molecule has 0 saturated carbocycles. The van der Waals surface area contributed by atoms with Crippen LogP contribution in [0.3, 0.4) is 0 Å². The predicted octanol–water partition coefficient (Wildman–Crippen LogP) is 5.58. The number of aryl methyl sites for hydroxylation is 1. The first kappa shape index (κ1) is 22.3. The number of benzene rings is 2. The number of aromatic nitrogens is 1. The maximum Gasteiger partial charge on any atom is 0.203 e. The van der Waals surface area contributed by atoms with Crippen LogP contribution in [0.1, 0.15) is 37.5 Å². The van der Waals surface area contributed by atoms with E-state index in [2.05, 4.69) is 18.0 Å². The molecule has 0 aliphatic heterocycles. The number of rotatable bonds is 7. The molecule has 2 aromatic carbocycles. The fraction of sp³-hybridized carbons (Fsp3) is 0.375. The van der Waals surface area contributed by atoms with Gasteiger partial charge in [0, 0.05) is 23.3 Å². The second-order valence-electron chi connectivity index (χ2n) is 6.23. The van der Waals surface area contributed by atoms with E-state index in [1.807, 2.05) is 51.4 Å². The van der Waals surface area contributed by atoms with Gasteiger partial charge in [-0.15, -0.1) is 0 Å². The lowest BCUT2D eigenvalue weighted by atomic mass is 9.98. The number of pyridine rings is 1. The summed E-state index contributed by atoms with van der Waals surface area (Å²) in [6.07, 6.45) is 4.51. The van der Waals surface area contributed by atoms with Gasteiger partial charge in [0.1, 0.15) is 5.75 Å². The van der Waals surface area contributed by atoms with E-state index in [1.54, 1.807) is 21.3 Å². The van der Waals surface area contributed by atoms with Gasteiger partial charge in [0.2, 0.25) is 5.75 Å². The molecule has 0 amide bonds. The quantitative estimate of drug-likeness (QED) is 0.520. The summed E-state index contributed by atoms with van der Waals surface area (Å²) in [5, 5.41) is 2.27. The van der Waals surface area contributed by atoms with E-state index in [-0.39, 0.29) is 0 Å². The van der Waals surface area contributed by atoms with E-state index in [0.29, 0.717) is 30.3 Å². The number of ether oxygens (including phenoxy) is 4. The average molecular weight is 398 g/mol. The van der Waals surface area contributed by atoms with Gasteiger partial charge in [0.25, 0.3) is 0 Å².